The van der Waals surface area contributed by atoms with Crippen molar-refractivity contribution in [2.45, 2.75) is 94.6 Å². The van der Waals surface area contributed by atoms with Crippen LogP contribution in [0.1, 0.15) is 94.3 Å². The van der Waals surface area contributed by atoms with Gasteiger partial charge < -0.3 is 14.9 Å². The Hall–Kier alpha value is -1.36. The molecule has 0 spiro atoms. The van der Waals surface area contributed by atoms with Gasteiger partial charge in [0.2, 0.25) is 0 Å². The zero-order valence-electron chi connectivity index (χ0n) is 19.0. The quantitative estimate of drug-likeness (QED) is 0.166. The molecule has 31 heavy (non-hydrogen) atoms. The van der Waals surface area contributed by atoms with Gasteiger partial charge in [-0.05, 0) is 49.1 Å². The largest absolute Gasteiger partial charge is 0.469 e. The van der Waals surface area contributed by atoms with Crippen molar-refractivity contribution in [3.8, 4) is 0 Å². The minimum Gasteiger partial charge on any atom is -0.469 e. The van der Waals surface area contributed by atoms with Crippen LogP contribution >= 0.6 is 11.6 Å². The normalized spacial score (nSPS) is 24.5. The lowest BCUT2D eigenvalue weighted by molar-refractivity contribution is -0.140. The second kappa shape index (κ2) is 13.9. The van der Waals surface area contributed by atoms with Crippen LogP contribution in [-0.2, 0) is 9.53 Å². The van der Waals surface area contributed by atoms with Crippen molar-refractivity contribution in [3.63, 3.8) is 0 Å². The number of ether oxygens (including phenoxy) is 1. The van der Waals surface area contributed by atoms with Crippen molar-refractivity contribution in [2.24, 2.45) is 5.92 Å². The van der Waals surface area contributed by atoms with E-state index in [0.717, 1.165) is 49.7 Å². The van der Waals surface area contributed by atoms with E-state index in [1.165, 1.54) is 20.0 Å². The molecule has 0 aromatic heterocycles. The van der Waals surface area contributed by atoms with E-state index in [0.29, 0.717) is 12.8 Å². The fourth-order valence-electron chi connectivity index (χ4n) is 4.54. The van der Waals surface area contributed by atoms with Crippen LogP contribution in [0.4, 0.5) is 0 Å². The van der Waals surface area contributed by atoms with Gasteiger partial charge in [0.1, 0.15) is 0 Å². The average molecular weight is 451 g/mol. The van der Waals surface area contributed by atoms with Crippen LogP contribution in [0.2, 0.25) is 0 Å². The maximum Gasteiger partial charge on any atom is 0.305 e. The van der Waals surface area contributed by atoms with E-state index in [2.05, 4.69) is 23.8 Å². The molecular formula is C26H39ClO4. The Bertz CT molecular complexity index is 672. The zero-order chi connectivity index (χ0) is 22.6. The third-order valence-corrected chi connectivity index (χ3v) is 6.90. The summed E-state index contributed by atoms with van der Waals surface area (Å²) in [5, 5.41) is 21.0. The number of aliphatic hydroxyl groups excluding tert-OH is 2. The molecule has 1 fully saturated rings. The van der Waals surface area contributed by atoms with Crippen LogP contribution in [0.3, 0.4) is 0 Å². The highest BCUT2D eigenvalue weighted by molar-refractivity contribution is 6.21. The standard InChI is InChI=1S/C26H39ClO4/c1-3-4-5-9-12-23(28)19-14-16-20(17-15-19)26-21(22(27)18-24(26)29)11-8-6-7-10-13-25(30)31-2/h6,8,14-17,21-24,26,28-29H,3-5,7,9-13,18H2,1-2H3/b8-6-/t21-,22-,23?,24+,26+/m0/s1. The average Bonchev–Trinajstić information content (AvgIpc) is 3.06. The maximum atomic E-state index is 11.2. The van der Waals surface area contributed by atoms with Gasteiger partial charge in [0, 0.05) is 17.7 Å². The number of alkyl halides is 1. The molecule has 2 rings (SSSR count). The first-order valence-electron chi connectivity index (χ1n) is 11.8. The molecule has 1 aliphatic rings. The Labute approximate surface area is 192 Å². The summed E-state index contributed by atoms with van der Waals surface area (Å²) in [5.74, 6) is -0.0148. The fourth-order valence-corrected chi connectivity index (χ4v) is 4.98. The van der Waals surface area contributed by atoms with E-state index < -0.39 is 12.2 Å². The first kappa shape index (κ1) is 25.9. The number of benzene rings is 1. The minimum atomic E-state index is -0.454. The molecule has 0 saturated heterocycles. The molecule has 1 aliphatic carbocycles. The number of hydrogen-bond donors (Lipinski definition) is 2. The van der Waals surface area contributed by atoms with Gasteiger partial charge in [0.25, 0.3) is 0 Å². The molecule has 174 valence electrons. The Morgan fingerprint density at radius 2 is 1.94 bits per heavy atom. The smallest absolute Gasteiger partial charge is 0.305 e. The van der Waals surface area contributed by atoms with Gasteiger partial charge in [-0.1, -0.05) is 69.0 Å². The van der Waals surface area contributed by atoms with Crippen molar-refractivity contribution >= 4 is 17.6 Å². The summed E-state index contributed by atoms with van der Waals surface area (Å²) in [6.45, 7) is 2.19. The number of unbranched alkanes of at least 4 members (excludes halogenated alkanes) is 4. The number of allylic oxidation sites excluding steroid dienone is 2. The lowest BCUT2D eigenvalue weighted by Gasteiger charge is -2.23. The molecule has 0 radical (unpaired) electrons. The third kappa shape index (κ3) is 8.25. The van der Waals surface area contributed by atoms with Gasteiger partial charge in [0.15, 0.2) is 0 Å². The summed E-state index contributed by atoms with van der Waals surface area (Å²) in [7, 11) is 1.41. The van der Waals surface area contributed by atoms with Crippen LogP contribution in [0.5, 0.6) is 0 Å². The highest BCUT2D eigenvalue weighted by atomic mass is 35.5. The Balaban J connectivity index is 1.92. The fraction of sp³-hybridized carbons (Fsp3) is 0.654. The lowest BCUT2D eigenvalue weighted by atomic mass is 9.84. The zero-order valence-corrected chi connectivity index (χ0v) is 19.8. The monoisotopic (exact) mass is 450 g/mol. The molecule has 4 nitrogen and oxygen atoms in total. The van der Waals surface area contributed by atoms with Crippen LogP contribution in [0, 0.1) is 5.92 Å². The Kier molecular flexibility index (Phi) is 11.6. The molecule has 5 heteroatoms. The van der Waals surface area contributed by atoms with Gasteiger partial charge in [-0.3, -0.25) is 4.79 Å². The Morgan fingerprint density at radius 1 is 1.19 bits per heavy atom. The number of hydrogen-bond acceptors (Lipinski definition) is 4. The van der Waals surface area contributed by atoms with E-state index in [9.17, 15) is 15.0 Å². The van der Waals surface area contributed by atoms with E-state index in [-0.39, 0.29) is 23.2 Å². The number of esters is 1. The highest BCUT2D eigenvalue weighted by Crippen LogP contribution is 2.45. The molecule has 0 bridgehead atoms. The molecule has 5 atom stereocenters. The second-order valence-corrected chi connectivity index (χ2v) is 9.28. The Morgan fingerprint density at radius 3 is 2.61 bits per heavy atom. The predicted octanol–water partition coefficient (Wildman–Crippen LogP) is 6.05. The second-order valence-electron chi connectivity index (χ2n) is 8.72. The summed E-state index contributed by atoms with van der Waals surface area (Å²) in [6, 6.07) is 8.07. The van der Waals surface area contributed by atoms with E-state index >= 15 is 0 Å². The number of carbonyl (C=O) groups is 1. The van der Waals surface area contributed by atoms with E-state index in [1.54, 1.807) is 0 Å². The summed E-state index contributed by atoms with van der Waals surface area (Å²) in [5.41, 5.74) is 2.03. The molecule has 1 aromatic rings. The first-order valence-corrected chi connectivity index (χ1v) is 12.2. The van der Waals surface area contributed by atoms with Gasteiger partial charge in [-0.2, -0.15) is 0 Å². The number of halogens is 1. The van der Waals surface area contributed by atoms with Gasteiger partial charge in [-0.25, -0.2) is 0 Å². The molecule has 1 unspecified atom stereocenters. The van der Waals surface area contributed by atoms with Crippen LogP contribution < -0.4 is 0 Å². The number of carbonyl (C=O) groups excluding carboxylic acids is 1. The van der Waals surface area contributed by atoms with E-state index in [1.807, 2.05) is 24.3 Å². The van der Waals surface area contributed by atoms with Gasteiger partial charge in [0.05, 0.1) is 19.3 Å². The minimum absolute atomic E-state index is 0.00188. The molecule has 1 saturated carbocycles. The molecule has 0 amide bonds. The SMILES string of the molecule is CCCCCCC(O)c1ccc([C@@H]2[C@@H](C/C=C\CCCC(=O)OC)[C@@H](Cl)C[C@H]2O)cc1. The topological polar surface area (TPSA) is 66.8 Å². The molecule has 0 aliphatic heterocycles. The number of rotatable bonds is 13. The van der Waals surface area contributed by atoms with Crippen LogP contribution in [0.25, 0.3) is 0 Å². The summed E-state index contributed by atoms with van der Waals surface area (Å²) >= 11 is 6.59. The predicted molar refractivity (Wildman–Crippen MR) is 126 cm³/mol. The van der Waals surface area contributed by atoms with Crippen molar-refractivity contribution in [3.05, 3.63) is 47.5 Å². The van der Waals surface area contributed by atoms with Gasteiger partial charge in [-0.15, -0.1) is 11.6 Å². The summed E-state index contributed by atoms with van der Waals surface area (Å²) in [6.07, 6.45) is 12.2. The number of aliphatic hydroxyl groups is 2. The lowest BCUT2D eigenvalue weighted by Crippen LogP contribution is -2.18. The maximum absolute atomic E-state index is 11.2. The molecular weight excluding hydrogens is 412 g/mol. The van der Waals surface area contributed by atoms with Crippen LogP contribution in [0.15, 0.2) is 36.4 Å². The van der Waals surface area contributed by atoms with Crippen molar-refractivity contribution in [1.82, 2.24) is 0 Å². The van der Waals surface area contributed by atoms with Gasteiger partial charge >= 0.3 is 5.97 Å². The third-order valence-electron chi connectivity index (χ3n) is 6.40. The van der Waals surface area contributed by atoms with Crippen molar-refractivity contribution in [2.75, 3.05) is 7.11 Å². The van der Waals surface area contributed by atoms with E-state index in [4.69, 9.17) is 11.6 Å². The molecule has 1 aromatic carbocycles. The summed E-state index contributed by atoms with van der Waals surface area (Å²) < 4.78 is 4.66. The number of methoxy groups -OCH3 is 1. The highest BCUT2D eigenvalue weighted by Gasteiger charge is 2.41. The molecule has 0 heterocycles. The van der Waals surface area contributed by atoms with Crippen molar-refractivity contribution in [1.29, 1.82) is 0 Å². The van der Waals surface area contributed by atoms with Crippen LogP contribution in [-0.4, -0.2) is 34.8 Å². The molecule has 2 N–H and O–H groups in total. The van der Waals surface area contributed by atoms with Crippen molar-refractivity contribution < 1.29 is 19.7 Å². The summed E-state index contributed by atoms with van der Waals surface area (Å²) in [4.78, 5) is 11.2. The first-order chi connectivity index (χ1) is 15.0.